The number of nitrogens with one attached hydrogen (secondary N) is 1. The average molecular weight is 344 g/mol. The molecule has 23 heavy (non-hydrogen) atoms. The zero-order chi connectivity index (χ0) is 16.0. The molecule has 4 rings (SSSR count). The van der Waals surface area contributed by atoms with Gasteiger partial charge < -0.3 is 4.98 Å². The molecule has 0 fully saturated rings. The molecule has 4 aromatic rings. The number of H-pyrrole nitrogens is 1. The maximum absolute atomic E-state index is 12.7. The van der Waals surface area contributed by atoms with Gasteiger partial charge in [0.25, 0.3) is 5.56 Å². The first-order valence-electron chi connectivity index (χ1n) is 7.04. The maximum atomic E-state index is 12.7. The van der Waals surface area contributed by atoms with Gasteiger partial charge in [-0.15, -0.1) is 0 Å². The molecule has 2 heterocycles. The summed E-state index contributed by atoms with van der Waals surface area (Å²) in [6.07, 6.45) is 1.53. The molecular weight excluding hydrogens is 333 g/mol. The van der Waals surface area contributed by atoms with Crippen LogP contribution in [-0.2, 0) is 6.54 Å². The highest BCUT2D eigenvalue weighted by Crippen LogP contribution is 2.28. The Labute approximate surface area is 141 Å². The van der Waals surface area contributed by atoms with E-state index in [9.17, 15) is 4.79 Å². The Bertz CT molecular complexity index is 1100. The topological polar surface area (TPSA) is 50.7 Å². The summed E-state index contributed by atoms with van der Waals surface area (Å²) in [7, 11) is 0. The predicted octanol–water partition coefficient (Wildman–Crippen LogP) is 4.23. The van der Waals surface area contributed by atoms with Crippen LogP contribution in [-0.4, -0.2) is 14.5 Å². The summed E-state index contributed by atoms with van der Waals surface area (Å²) in [5, 5.41) is 1.97. The quantitative estimate of drug-likeness (QED) is 0.592. The fourth-order valence-electron chi connectivity index (χ4n) is 2.72. The minimum Gasteiger partial charge on any atom is -0.349 e. The van der Waals surface area contributed by atoms with E-state index in [0.29, 0.717) is 27.6 Å². The lowest BCUT2D eigenvalue weighted by Gasteiger charge is -2.07. The molecule has 1 N–H and O–H groups in total. The van der Waals surface area contributed by atoms with Gasteiger partial charge in [-0.05, 0) is 23.8 Å². The highest BCUT2D eigenvalue weighted by Gasteiger charge is 2.13. The molecule has 4 nitrogen and oxygen atoms in total. The zero-order valence-electron chi connectivity index (χ0n) is 11.9. The van der Waals surface area contributed by atoms with Gasteiger partial charge in [0.2, 0.25) is 0 Å². The van der Waals surface area contributed by atoms with Gasteiger partial charge in [-0.2, -0.15) is 0 Å². The van der Waals surface area contributed by atoms with Gasteiger partial charge in [0.05, 0.1) is 17.9 Å². The van der Waals surface area contributed by atoms with Crippen LogP contribution in [0, 0.1) is 0 Å². The second kappa shape index (κ2) is 5.41. The largest absolute Gasteiger partial charge is 0.349 e. The fourth-order valence-corrected chi connectivity index (χ4v) is 3.18. The molecule has 0 aliphatic rings. The van der Waals surface area contributed by atoms with Crippen molar-refractivity contribution in [2.24, 2.45) is 0 Å². The van der Waals surface area contributed by atoms with E-state index in [2.05, 4.69) is 9.97 Å². The molecule has 6 heteroatoms. The van der Waals surface area contributed by atoms with Crippen LogP contribution in [0.1, 0.15) is 5.56 Å². The average Bonchev–Trinajstić information content (AvgIpc) is 2.93. The first kappa shape index (κ1) is 14.3. The van der Waals surface area contributed by atoms with Crippen molar-refractivity contribution in [3.63, 3.8) is 0 Å². The summed E-state index contributed by atoms with van der Waals surface area (Å²) in [5.41, 5.74) is 2.55. The lowest BCUT2D eigenvalue weighted by atomic mass is 10.2. The van der Waals surface area contributed by atoms with E-state index in [0.717, 1.165) is 16.5 Å². The molecule has 0 atom stereocenters. The summed E-state index contributed by atoms with van der Waals surface area (Å²) in [5.74, 6) is 0. The Balaban J connectivity index is 1.92. The molecule has 0 bridgehead atoms. The van der Waals surface area contributed by atoms with Crippen LogP contribution in [0.15, 0.2) is 53.6 Å². The molecule has 0 unspecified atom stereocenters. The third-order valence-electron chi connectivity index (χ3n) is 3.85. The normalized spacial score (nSPS) is 11.4. The van der Waals surface area contributed by atoms with Gasteiger partial charge in [0, 0.05) is 15.9 Å². The molecule has 2 aromatic carbocycles. The van der Waals surface area contributed by atoms with Crippen molar-refractivity contribution in [3.8, 4) is 0 Å². The first-order chi connectivity index (χ1) is 11.1. The van der Waals surface area contributed by atoms with E-state index in [-0.39, 0.29) is 5.56 Å². The van der Waals surface area contributed by atoms with Crippen LogP contribution in [0.4, 0.5) is 0 Å². The number of hydrogen-bond donors (Lipinski definition) is 1. The number of benzene rings is 2. The molecule has 0 saturated carbocycles. The van der Waals surface area contributed by atoms with Crippen molar-refractivity contribution < 1.29 is 0 Å². The highest BCUT2D eigenvalue weighted by atomic mass is 35.5. The first-order valence-corrected chi connectivity index (χ1v) is 7.79. The molecule has 0 spiro atoms. The van der Waals surface area contributed by atoms with Gasteiger partial charge >= 0.3 is 0 Å². The van der Waals surface area contributed by atoms with Crippen molar-refractivity contribution in [1.29, 1.82) is 0 Å². The summed E-state index contributed by atoms with van der Waals surface area (Å²) >= 11 is 12.4. The van der Waals surface area contributed by atoms with Gasteiger partial charge in [0.15, 0.2) is 0 Å². The lowest BCUT2D eigenvalue weighted by Crippen LogP contribution is -2.21. The molecule has 114 valence electrons. The van der Waals surface area contributed by atoms with Crippen molar-refractivity contribution >= 4 is 45.1 Å². The van der Waals surface area contributed by atoms with Crippen LogP contribution in [0.3, 0.4) is 0 Å². The molecule has 0 aliphatic heterocycles. The standard InChI is InChI=1S/C17H11Cl2N3O/c18-11-5-2-1-4-10(11)8-22-9-20-15-14-12(19)6-3-7-13(14)21-16(15)17(22)23/h1-7,9,21H,8H2. The number of fused-ring (bicyclic) bond motifs is 3. The number of halogens is 2. The molecular formula is C17H11Cl2N3O. The summed E-state index contributed by atoms with van der Waals surface area (Å²) in [6.45, 7) is 0.366. The molecule has 0 radical (unpaired) electrons. The molecule has 0 aliphatic carbocycles. The Morgan fingerprint density at radius 1 is 1.04 bits per heavy atom. The maximum Gasteiger partial charge on any atom is 0.277 e. The summed E-state index contributed by atoms with van der Waals surface area (Å²) < 4.78 is 1.53. The van der Waals surface area contributed by atoms with Crippen LogP contribution in [0.5, 0.6) is 0 Å². The predicted molar refractivity (Wildman–Crippen MR) is 93.4 cm³/mol. The van der Waals surface area contributed by atoms with Crippen LogP contribution in [0.25, 0.3) is 21.9 Å². The number of aromatic amines is 1. The van der Waals surface area contributed by atoms with Crippen molar-refractivity contribution in [2.75, 3.05) is 0 Å². The van der Waals surface area contributed by atoms with Crippen molar-refractivity contribution in [1.82, 2.24) is 14.5 Å². The summed E-state index contributed by atoms with van der Waals surface area (Å²) in [4.78, 5) is 20.3. The van der Waals surface area contributed by atoms with E-state index >= 15 is 0 Å². The second-order valence-corrected chi connectivity index (χ2v) is 6.09. The second-order valence-electron chi connectivity index (χ2n) is 5.28. The fraction of sp³-hybridized carbons (Fsp3) is 0.0588. The minimum absolute atomic E-state index is 0.151. The Morgan fingerprint density at radius 2 is 1.83 bits per heavy atom. The third-order valence-corrected chi connectivity index (χ3v) is 4.53. The SMILES string of the molecule is O=c1c2[nH]c3cccc(Cl)c3c2ncn1Cc1ccccc1Cl. The van der Waals surface area contributed by atoms with Crippen molar-refractivity contribution in [3.05, 3.63) is 74.8 Å². The van der Waals surface area contributed by atoms with Crippen molar-refractivity contribution in [2.45, 2.75) is 6.54 Å². The van der Waals surface area contributed by atoms with Gasteiger partial charge in [-0.1, -0.05) is 47.5 Å². The Morgan fingerprint density at radius 3 is 2.65 bits per heavy atom. The number of hydrogen-bond acceptors (Lipinski definition) is 2. The van der Waals surface area contributed by atoms with Crippen LogP contribution >= 0.6 is 23.2 Å². The van der Waals surface area contributed by atoms with Gasteiger partial charge in [-0.25, -0.2) is 4.98 Å². The van der Waals surface area contributed by atoms with Gasteiger partial charge in [-0.3, -0.25) is 9.36 Å². The highest BCUT2D eigenvalue weighted by molar-refractivity contribution is 6.37. The van der Waals surface area contributed by atoms with E-state index in [4.69, 9.17) is 23.2 Å². The monoisotopic (exact) mass is 343 g/mol. The Kier molecular flexibility index (Phi) is 3.36. The number of aromatic nitrogens is 3. The smallest absolute Gasteiger partial charge is 0.277 e. The zero-order valence-corrected chi connectivity index (χ0v) is 13.4. The molecule has 2 aromatic heterocycles. The van der Waals surface area contributed by atoms with E-state index in [1.54, 1.807) is 12.1 Å². The summed E-state index contributed by atoms with van der Waals surface area (Å²) in [6, 6.07) is 12.9. The number of rotatable bonds is 2. The van der Waals surface area contributed by atoms with Crippen LogP contribution < -0.4 is 5.56 Å². The van der Waals surface area contributed by atoms with Crippen LogP contribution in [0.2, 0.25) is 10.0 Å². The lowest BCUT2D eigenvalue weighted by molar-refractivity contribution is 0.747. The van der Waals surface area contributed by atoms with Gasteiger partial charge in [0.1, 0.15) is 11.0 Å². The third kappa shape index (κ3) is 2.31. The Hall–Kier alpha value is -2.30. The molecule has 0 amide bonds. The van der Waals surface area contributed by atoms with E-state index in [1.165, 1.54) is 10.9 Å². The van der Waals surface area contributed by atoms with E-state index in [1.807, 2.05) is 30.3 Å². The molecule has 0 saturated heterocycles. The number of nitrogens with zero attached hydrogens (tertiary/aromatic N) is 2. The van der Waals surface area contributed by atoms with E-state index < -0.39 is 0 Å². The minimum atomic E-state index is -0.151.